The molecule has 0 bridgehead atoms. The Kier molecular flexibility index (Phi) is 2.90. The number of methoxy groups -OCH3 is 2. The molecule has 1 rings (SSSR count). The number of nitrogens with zero attached hydrogens (tertiary/aromatic N) is 1. The molecule has 0 saturated heterocycles. The average molecular weight is 221 g/mol. The van der Waals surface area contributed by atoms with Crippen molar-refractivity contribution in [2.24, 2.45) is 0 Å². The van der Waals surface area contributed by atoms with Gasteiger partial charge in [0.25, 0.3) is 0 Å². The number of pyridine rings is 1. The maximum Gasteiger partial charge on any atom is 0.337 e. The van der Waals surface area contributed by atoms with E-state index in [1.165, 1.54) is 20.3 Å². The van der Waals surface area contributed by atoms with E-state index in [9.17, 15) is 12.3 Å². The lowest BCUT2D eigenvalue weighted by molar-refractivity contribution is 0.355. The van der Waals surface area contributed by atoms with Crippen molar-refractivity contribution in [3.8, 4) is 11.8 Å². The van der Waals surface area contributed by atoms with E-state index in [0.29, 0.717) is 0 Å². The van der Waals surface area contributed by atoms with Crippen LogP contribution in [0.3, 0.4) is 0 Å². The van der Waals surface area contributed by atoms with Gasteiger partial charge >= 0.3 is 10.2 Å². The molecule has 0 aliphatic rings. The lowest BCUT2D eigenvalue weighted by Gasteiger charge is -2.05. The number of rotatable bonds is 3. The van der Waals surface area contributed by atoms with Gasteiger partial charge in [-0.3, -0.25) is 0 Å². The van der Waals surface area contributed by atoms with Crippen molar-refractivity contribution in [1.29, 1.82) is 0 Å². The Morgan fingerprint density at radius 3 is 2.36 bits per heavy atom. The van der Waals surface area contributed by atoms with Crippen molar-refractivity contribution in [2.45, 2.75) is 4.90 Å². The third kappa shape index (κ3) is 2.11. The summed E-state index contributed by atoms with van der Waals surface area (Å²) in [6.07, 6.45) is 0. The second-order valence-electron chi connectivity index (χ2n) is 2.30. The van der Waals surface area contributed by atoms with E-state index >= 15 is 0 Å². The minimum absolute atomic E-state index is 0.147. The first-order valence-corrected chi connectivity index (χ1v) is 4.91. The van der Waals surface area contributed by atoms with Gasteiger partial charge < -0.3 is 9.47 Å². The van der Waals surface area contributed by atoms with Crippen LogP contribution in [0.25, 0.3) is 0 Å². The summed E-state index contributed by atoms with van der Waals surface area (Å²) in [7, 11) is -2.27. The van der Waals surface area contributed by atoms with Crippen molar-refractivity contribution >= 4 is 10.2 Å². The normalized spacial score (nSPS) is 11.1. The maximum atomic E-state index is 12.6. The quantitative estimate of drug-likeness (QED) is 0.705. The number of hydrogen-bond acceptors (Lipinski definition) is 5. The summed E-state index contributed by atoms with van der Waals surface area (Å²) >= 11 is 0. The number of aromatic nitrogens is 1. The lowest BCUT2D eigenvalue weighted by atomic mass is 10.5. The molecular formula is C7H8FNO4S. The molecule has 0 N–H and O–H groups in total. The molecule has 0 atom stereocenters. The molecule has 0 spiro atoms. The fourth-order valence-corrected chi connectivity index (χ4v) is 1.42. The van der Waals surface area contributed by atoms with Crippen molar-refractivity contribution in [3.63, 3.8) is 0 Å². The number of ether oxygens (including phenoxy) is 2. The van der Waals surface area contributed by atoms with Crippen LogP contribution in [-0.4, -0.2) is 27.6 Å². The van der Waals surface area contributed by atoms with Gasteiger partial charge in [0.2, 0.25) is 11.8 Å². The predicted octanol–water partition coefficient (Wildman–Crippen LogP) is 0.757. The van der Waals surface area contributed by atoms with Gasteiger partial charge in [0, 0.05) is 6.07 Å². The van der Waals surface area contributed by atoms with E-state index in [0.717, 1.165) is 6.07 Å². The Morgan fingerprint density at radius 2 is 1.93 bits per heavy atom. The van der Waals surface area contributed by atoms with Crippen LogP contribution in [-0.2, 0) is 10.2 Å². The topological polar surface area (TPSA) is 65.5 Å². The zero-order valence-corrected chi connectivity index (χ0v) is 8.34. The highest BCUT2D eigenvalue weighted by molar-refractivity contribution is 7.86. The van der Waals surface area contributed by atoms with Gasteiger partial charge in [0.05, 0.1) is 14.2 Å². The van der Waals surface area contributed by atoms with Crippen molar-refractivity contribution < 1.29 is 21.8 Å². The molecule has 7 heteroatoms. The summed E-state index contributed by atoms with van der Waals surface area (Å²) in [5.41, 5.74) is 0. The van der Waals surface area contributed by atoms with E-state index in [1.54, 1.807) is 0 Å². The Morgan fingerprint density at radius 1 is 1.29 bits per heavy atom. The molecule has 0 saturated carbocycles. The van der Waals surface area contributed by atoms with Gasteiger partial charge in [-0.25, -0.2) is 0 Å². The smallest absolute Gasteiger partial charge is 0.337 e. The Hall–Kier alpha value is -1.37. The van der Waals surface area contributed by atoms with Gasteiger partial charge in [-0.15, -0.1) is 3.89 Å². The highest BCUT2D eigenvalue weighted by Gasteiger charge is 2.20. The van der Waals surface area contributed by atoms with Crippen LogP contribution >= 0.6 is 0 Å². The molecule has 5 nitrogen and oxygen atoms in total. The van der Waals surface area contributed by atoms with Gasteiger partial charge in [0.1, 0.15) is 0 Å². The Balaban J connectivity index is 3.33. The molecule has 0 amide bonds. The summed E-state index contributed by atoms with van der Waals surface area (Å²) in [5.74, 6) is -0.180. The highest BCUT2D eigenvalue weighted by atomic mass is 32.3. The molecule has 1 heterocycles. The SMILES string of the molecule is COc1ccc(S(=O)(=O)F)c(OC)n1. The van der Waals surface area contributed by atoms with Crippen LogP contribution in [0.1, 0.15) is 0 Å². The summed E-state index contributed by atoms with van der Waals surface area (Å²) in [6, 6.07) is 2.26. The van der Waals surface area contributed by atoms with E-state index in [-0.39, 0.29) is 11.8 Å². The molecule has 1 aromatic rings. The monoisotopic (exact) mass is 221 g/mol. The van der Waals surface area contributed by atoms with Crippen molar-refractivity contribution in [2.75, 3.05) is 14.2 Å². The summed E-state index contributed by atoms with van der Waals surface area (Å²) in [4.78, 5) is 3.00. The molecular weight excluding hydrogens is 213 g/mol. The first-order valence-electron chi connectivity index (χ1n) is 3.52. The van der Waals surface area contributed by atoms with Crippen LogP contribution in [0.4, 0.5) is 3.89 Å². The fraction of sp³-hybridized carbons (Fsp3) is 0.286. The standard InChI is InChI=1S/C7H8FNO4S/c1-12-6-4-3-5(14(8,10)11)7(9-6)13-2/h3-4H,1-2H3. The third-order valence-corrected chi connectivity index (χ3v) is 2.30. The van der Waals surface area contributed by atoms with Crippen LogP contribution in [0.2, 0.25) is 0 Å². The summed E-state index contributed by atoms with van der Waals surface area (Å²) in [5, 5.41) is 0. The molecule has 0 unspecified atom stereocenters. The lowest BCUT2D eigenvalue weighted by Crippen LogP contribution is -2.00. The van der Waals surface area contributed by atoms with Crippen molar-refractivity contribution in [3.05, 3.63) is 12.1 Å². The van der Waals surface area contributed by atoms with E-state index < -0.39 is 15.1 Å². The molecule has 0 aliphatic carbocycles. The zero-order valence-electron chi connectivity index (χ0n) is 7.52. The van der Waals surface area contributed by atoms with E-state index in [1.807, 2.05) is 0 Å². The molecule has 1 aromatic heterocycles. The number of halogens is 1. The second kappa shape index (κ2) is 3.79. The zero-order chi connectivity index (χ0) is 10.8. The second-order valence-corrected chi connectivity index (χ2v) is 3.61. The van der Waals surface area contributed by atoms with Gasteiger partial charge in [-0.2, -0.15) is 13.4 Å². The summed E-state index contributed by atoms with van der Waals surface area (Å²) in [6.45, 7) is 0. The minimum Gasteiger partial charge on any atom is -0.481 e. The van der Waals surface area contributed by atoms with Gasteiger partial charge in [-0.1, -0.05) is 0 Å². The average Bonchev–Trinajstić information content (AvgIpc) is 2.15. The van der Waals surface area contributed by atoms with Crippen LogP contribution in [0, 0.1) is 0 Å². The first kappa shape index (κ1) is 10.7. The predicted molar refractivity (Wildman–Crippen MR) is 45.6 cm³/mol. The first-order chi connectivity index (χ1) is 6.49. The van der Waals surface area contributed by atoms with Gasteiger partial charge in [-0.05, 0) is 6.07 Å². The molecule has 78 valence electrons. The third-order valence-electron chi connectivity index (χ3n) is 1.46. The van der Waals surface area contributed by atoms with E-state index in [4.69, 9.17) is 4.74 Å². The number of hydrogen-bond donors (Lipinski definition) is 0. The van der Waals surface area contributed by atoms with Crippen LogP contribution in [0.15, 0.2) is 17.0 Å². The largest absolute Gasteiger partial charge is 0.481 e. The molecule has 0 fully saturated rings. The van der Waals surface area contributed by atoms with Crippen LogP contribution in [0.5, 0.6) is 11.8 Å². The molecule has 0 aliphatic heterocycles. The minimum atomic E-state index is -4.81. The van der Waals surface area contributed by atoms with Crippen molar-refractivity contribution in [1.82, 2.24) is 4.98 Å². The summed E-state index contributed by atoms with van der Waals surface area (Å²) < 4.78 is 43.1. The Bertz CT molecular complexity index is 431. The molecule has 0 radical (unpaired) electrons. The molecule has 14 heavy (non-hydrogen) atoms. The van der Waals surface area contributed by atoms with E-state index in [2.05, 4.69) is 9.72 Å². The Labute approximate surface area is 80.7 Å². The maximum absolute atomic E-state index is 12.6. The van der Waals surface area contributed by atoms with Crippen LogP contribution < -0.4 is 9.47 Å². The molecule has 0 aromatic carbocycles. The highest BCUT2D eigenvalue weighted by Crippen LogP contribution is 2.25. The van der Waals surface area contributed by atoms with Gasteiger partial charge in [0.15, 0.2) is 4.90 Å². The fourth-order valence-electron chi connectivity index (χ4n) is 0.856.